The molecule has 0 bridgehead atoms. The highest BCUT2D eigenvalue weighted by molar-refractivity contribution is 5.76. The molecule has 1 atom stereocenters. The first-order valence-electron chi connectivity index (χ1n) is 10.6. The highest BCUT2D eigenvalue weighted by atomic mass is 14.5. The summed E-state index contributed by atoms with van der Waals surface area (Å²) in [6.07, 6.45) is 12.3. The van der Waals surface area contributed by atoms with Gasteiger partial charge in [0, 0.05) is 0 Å². The van der Waals surface area contributed by atoms with E-state index in [9.17, 15) is 0 Å². The molecule has 0 heteroatoms. The molecule has 29 heavy (non-hydrogen) atoms. The number of aryl methyl sites for hydroxylation is 2. The van der Waals surface area contributed by atoms with E-state index < -0.39 is 0 Å². The average molecular weight is 379 g/mol. The zero-order valence-corrected chi connectivity index (χ0v) is 18.0. The number of hydrogen-bond donors (Lipinski definition) is 0. The van der Waals surface area contributed by atoms with Crippen LogP contribution in [0.4, 0.5) is 0 Å². The Labute approximate surface area is 175 Å². The quantitative estimate of drug-likeness (QED) is 0.517. The van der Waals surface area contributed by atoms with E-state index in [2.05, 4.69) is 113 Å². The van der Waals surface area contributed by atoms with E-state index in [4.69, 9.17) is 0 Å². The second kappa shape index (κ2) is 7.52. The maximum atomic E-state index is 4.59. The summed E-state index contributed by atoms with van der Waals surface area (Å²) < 4.78 is 0. The van der Waals surface area contributed by atoms with Gasteiger partial charge in [0.1, 0.15) is 0 Å². The molecule has 2 aromatic carbocycles. The highest BCUT2D eigenvalue weighted by Crippen LogP contribution is 2.58. The van der Waals surface area contributed by atoms with Crippen molar-refractivity contribution in [1.29, 1.82) is 0 Å². The predicted molar refractivity (Wildman–Crippen MR) is 125 cm³/mol. The molecule has 0 fully saturated rings. The van der Waals surface area contributed by atoms with E-state index in [1.165, 1.54) is 44.5 Å². The van der Waals surface area contributed by atoms with Crippen LogP contribution in [0.15, 0.2) is 108 Å². The molecule has 2 aromatic rings. The Morgan fingerprint density at radius 2 is 1.48 bits per heavy atom. The molecule has 0 radical (unpaired) electrons. The fourth-order valence-corrected chi connectivity index (χ4v) is 4.85. The summed E-state index contributed by atoms with van der Waals surface area (Å²) in [4.78, 5) is 0. The Hall–Kier alpha value is -2.86. The molecule has 0 saturated heterocycles. The zero-order valence-electron chi connectivity index (χ0n) is 18.0. The van der Waals surface area contributed by atoms with Crippen LogP contribution in [-0.2, 0) is 5.41 Å². The van der Waals surface area contributed by atoms with Crippen molar-refractivity contribution < 1.29 is 0 Å². The maximum absolute atomic E-state index is 4.59. The van der Waals surface area contributed by atoms with Gasteiger partial charge < -0.3 is 0 Å². The Balaban J connectivity index is 2.10. The lowest BCUT2D eigenvalue weighted by molar-refractivity contribution is 0.692. The molecule has 4 rings (SSSR count). The largest absolute Gasteiger partial charge is 0.0911 e. The van der Waals surface area contributed by atoms with Gasteiger partial charge in [-0.3, -0.25) is 0 Å². The first kappa shape index (κ1) is 19.5. The molecule has 0 aromatic heterocycles. The van der Waals surface area contributed by atoms with Crippen LogP contribution in [0.1, 0.15) is 42.5 Å². The molecular formula is C29H30. The molecule has 1 unspecified atom stereocenters. The number of rotatable bonds is 3. The molecule has 0 aliphatic heterocycles. The van der Waals surface area contributed by atoms with Gasteiger partial charge >= 0.3 is 0 Å². The summed E-state index contributed by atoms with van der Waals surface area (Å²) in [5, 5.41) is 0. The molecule has 0 spiro atoms. The van der Waals surface area contributed by atoms with Crippen molar-refractivity contribution >= 4 is 0 Å². The summed E-state index contributed by atoms with van der Waals surface area (Å²) in [7, 11) is 0. The third-order valence-corrected chi connectivity index (χ3v) is 6.36. The first-order chi connectivity index (χ1) is 14.0. The van der Waals surface area contributed by atoms with Gasteiger partial charge in [-0.1, -0.05) is 104 Å². The number of hydrogen-bond acceptors (Lipinski definition) is 0. The monoisotopic (exact) mass is 378 g/mol. The van der Waals surface area contributed by atoms with E-state index in [-0.39, 0.29) is 5.41 Å². The standard InChI is InChI=1S/C29H30/c1-6-7-8-27-23(5)26-19-22(4)13-18-28(26)29(27,24-14-9-20(2)10-15-24)25-16-11-21(3)12-17-25/h6-18,22H,5,19H2,1-4H3/b7-6-,27-8+. The lowest BCUT2D eigenvalue weighted by Crippen LogP contribution is -2.30. The number of allylic oxidation sites excluding steroid dienone is 9. The van der Waals surface area contributed by atoms with Crippen molar-refractivity contribution in [3.8, 4) is 0 Å². The van der Waals surface area contributed by atoms with Crippen LogP contribution >= 0.6 is 0 Å². The molecule has 2 aliphatic carbocycles. The van der Waals surface area contributed by atoms with Crippen molar-refractivity contribution in [3.63, 3.8) is 0 Å². The summed E-state index contributed by atoms with van der Waals surface area (Å²) in [5.41, 5.74) is 10.2. The van der Waals surface area contributed by atoms with Gasteiger partial charge in [0.15, 0.2) is 0 Å². The SMILES string of the molecule is C=C1C2=C(C=CC(C)C2)C(c2ccc(C)cc2)(c2ccc(C)cc2)/C1=C/C=C\C. The minimum atomic E-state index is -0.316. The zero-order chi connectivity index (χ0) is 20.6. The van der Waals surface area contributed by atoms with E-state index in [0.29, 0.717) is 5.92 Å². The fraction of sp³-hybridized carbons (Fsp3) is 0.241. The van der Waals surface area contributed by atoms with E-state index in [1.807, 2.05) is 0 Å². The Bertz CT molecular complexity index is 1000. The fourth-order valence-electron chi connectivity index (χ4n) is 4.85. The van der Waals surface area contributed by atoms with Crippen molar-refractivity contribution in [2.75, 3.05) is 0 Å². The summed E-state index contributed by atoms with van der Waals surface area (Å²) >= 11 is 0. The van der Waals surface area contributed by atoms with E-state index in [0.717, 1.165) is 6.42 Å². The Morgan fingerprint density at radius 1 is 0.931 bits per heavy atom. The van der Waals surface area contributed by atoms with Crippen molar-refractivity contribution in [3.05, 3.63) is 130 Å². The minimum absolute atomic E-state index is 0.316. The van der Waals surface area contributed by atoms with Gasteiger partial charge in [-0.15, -0.1) is 0 Å². The lowest BCUT2D eigenvalue weighted by atomic mass is 9.65. The van der Waals surface area contributed by atoms with Gasteiger partial charge in [-0.2, -0.15) is 0 Å². The first-order valence-corrected chi connectivity index (χ1v) is 10.6. The van der Waals surface area contributed by atoms with Gasteiger partial charge in [-0.05, 0) is 66.5 Å². The second-order valence-corrected chi connectivity index (χ2v) is 8.50. The molecule has 0 N–H and O–H groups in total. The third kappa shape index (κ3) is 3.08. The van der Waals surface area contributed by atoms with E-state index >= 15 is 0 Å². The maximum Gasteiger partial charge on any atom is 0.0710 e. The van der Waals surface area contributed by atoms with Gasteiger partial charge in [0.2, 0.25) is 0 Å². The summed E-state index contributed by atoms with van der Waals surface area (Å²) in [5.74, 6) is 0.542. The van der Waals surface area contributed by atoms with Crippen LogP contribution in [0.2, 0.25) is 0 Å². The smallest absolute Gasteiger partial charge is 0.0710 e. The Morgan fingerprint density at radius 3 is 2.00 bits per heavy atom. The molecule has 146 valence electrons. The second-order valence-electron chi connectivity index (χ2n) is 8.50. The molecule has 0 heterocycles. The van der Waals surface area contributed by atoms with Crippen LogP contribution < -0.4 is 0 Å². The van der Waals surface area contributed by atoms with Crippen molar-refractivity contribution in [2.45, 2.75) is 39.5 Å². The molecule has 2 aliphatic rings. The third-order valence-electron chi connectivity index (χ3n) is 6.36. The highest BCUT2D eigenvalue weighted by Gasteiger charge is 2.48. The molecular weight excluding hydrogens is 348 g/mol. The van der Waals surface area contributed by atoms with Crippen LogP contribution in [0, 0.1) is 19.8 Å². The molecule has 0 saturated carbocycles. The van der Waals surface area contributed by atoms with Gasteiger partial charge in [0.25, 0.3) is 0 Å². The predicted octanol–water partition coefficient (Wildman–Crippen LogP) is 7.55. The average Bonchev–Trinajstić information content (AvgIpc) is 2.96. The van der Waals surface area contributed by atoms with Gasteiger partial charge in [0.05, 0.1) is 5.41 Å². The van der Waals surface area contributed by atoms with Crippen LogP contribution in [0.25, 0.3) is 0 Å². The molecule has 0 nitrogen and oxygen atoms in total. The summed E-state index contributed by atoms with van der Waals surface area (Å²) in [6.45, 7) is 13.3. The van der Waals surface area contributed by atoms with Crippen LogP contribution in [0.3, 0.4) is 0 Å². The number of benzene rings is 2. The van der Waals surface area contributed by atoms with Crippen molar-refractivity contribution in [1.82, 2.24) is 0 Å². The van der Waals surface area contributed by atoms with Crippen LogP contribution in [-0.4, -0.2) is 0 Å². The van der Waals surface area contributed by atoms with E-state index in [1.54, 1.807) is 0 Å². The molecule has 0 amide bonds. The normalized spacial score (nSPS) is 22.0. The lowest BCUT2D eigenvalue weighted by Gasteiger charge is -2.36. The van der Waals surface area contributed by atoms with Gasteiger partial charge in [-0.25, -0.2) is 0 Å². The Kier molecular flexibility index (Phi) is 5.04. The topological polar surface area (TPSA) is 0 Å². The van der Waals surface area contributed by atoms with Crippen LogP contribution in [0.5, 0.6) is 0 Å². The van der Waals surface area contributed by atoms with Crippen molar-refractivity contribution in [2.24, 2.45) is 5.92 Å². The minimum Gasteiger partial charge on any atom is -0.0911 e. The summed E-state index contributed by atoms with van der Waals surface area (Å²) in [6, 6.07) is 18.1.